The van der Waals surface area contributed by atoms with Crippen LogP contribution in [-0.4, -0.2) is 24.1 Å². The minimum Gasteiger partial charge on any atom is -0.476 e. The molecule has 1 N–H and O–H groups in total. The molecule has 196 valence electrons. The van der Waals surface area contributed by atoms with Gasteiger partial charge < -0.3 is 19.5 Å². The molecule has 37 heavy (non-hydrogen) atoms. The lowest BCUT2D eigenvalue weighted by Gasteiger charge is -2.25. The highest BCUT2D eigenvalue weighted by Crippen LogP contribution is 2.31. The summed E-state index contributed by atoms with van der Waals surface area (Å²) in [4.78, 5) is 24.4. The molecule has 1 amide bonds. The van der Waals surface area contributed by atoms with Crippen LogP contribution in [0.2, 0.25) is 0 Å². The highest BCUT2D eigenvalue weighted by atomic mass is 19.4. The fourth-order valence-corrected chi connectivity index (χ4v) is 3.37. The maximum Gasteiger partial charge on any atom is 0.416 e. The summed E-state index contributed by atoms with van der Waals surface area (Å²) in [5, 5.41) is 2.69. The van der Waals surface area contributed by atoms with E-state index in [0.717, 1.165) is 35.4 Å². The summed E-state index contributed by atoms with van der Waals surface area (Å²) in [5.74, 6) is 0.644. The van der Waals surface area contributed by atoms with Gasteiger partial charge in [-0.2, -0.15) is 13.2 Å². The van der Waals surface area contributed by atoms with Gasteiger partial charge in [0.15, 0.2) is 5.60 Å². The average Bonchev–Trinajstić information content (AvgIpc) is 2.84. The molecule has 3 aromatic rings. The van der Waals surface area contributed by atoms with Crippen LogP contribution in [0.3, 0.4) is 0 Å². The molecule has 0 spiro atoms. The van der Waals surface area contributed by atoms with E-state index in [1.54, 1.807) is 63.2 Å². The van der Waals surface area contributed by atoms with E-state index in [1.807, 2.05) is 6.92 Å². The Morgan fingerprint density at radius 2 is 1.59 bits per heavy atom. The molecule has 0 aliphatic rings. The number of hydrogen-bond acceptors (Lipinski definition) is 5. The molecule has 3 rings (SSSR count). The molecule has 0 aliphatic carbocycles. The van der Waals surface area contributed by atoms with Crippen LogP contribution in [0, 0.1) is 6.92 Å². The zero-order chi connectivity index (χ0) is 27.2. The number of aryl methyl sites for hydroxylation is 1. The lowest BCUT2D eigenvalue weighted by molar-refractivity contribution is -0.158. The number of carbonyl (C=O) groups is 2. The summed E-state index contributed by atoms with van der Waals surface area (Å²) >= 11 is 0. The number of ether oxygens (including phenoxy) is 3. The highest BCUT2D eigenvalue weighted by molar-refractivity contribution is 5.94. The van der Waals surface area contributed by atoms with Crippen LogP contribution in [0.15, 0.2) is 66.7 Å². The SMILES string of the molecule is CCOC(=O)C(C)(C)Oc1ccc(Oc2cccc(CNC(=O)c3ccc(C(F)(F)F)cc3)c2)cc1C. The van der Waals surface area contributed by atoms with E-state index in [-0.39, 0.29) is 18.7 Å². The molecule has 0 heterocycles. The Morgan fingerprint density at radius 3 is 2.22 bits per heavy atom. The number of esters is 1. The quantitative estimate of drug-likeness (QED) is 0.331. The van der Waals surface area contributed by atoms with Crippen molar-refractivity contribution in [1.29, 1.82) is 0 Å². The topological polar surface area (TPSA) is 73.9 Å². The average molecular weight is 516 g/mol. The van der Waals surface area contributed by atoms with Crippen LogP contribution >= 0.6 is 0 Å². The summed E-state index contributed by atoms with van der Waals surface area (Å²) in [7, 11) is 0. The van der Waals surface area contributed by atoms with Crippen LogP contribution in [0.5, 0.6) is 17.2 Å². The molecule has 3 aromatic carbocycles. The van der Waals surface area contributed by atoms with Crippen molar-refractivity contribution in [3.05, 3.63) is 89.0 Å². The monoisotopic (exact) mass is 515 g/mol. The number of alkyl halides is 3. The zero-order valence-electron chi connectivity index (χ0n) is 20.9. The minimum atomic E-state index is -4.46. The molecule has 0 aliphatic heterocycles. The molecule has 6 nitrogen and oxygen atoms in total. The Balaban J connectivity index is 1.62. The maximum atomic E-state index is 12.7. The number of nitrogens with one attached hydrogen (secondary N) is 1. The number of rotatable bonds is 9. The van der Waals surface area contributed by atoms with Crippen LogP contribution in [0.25, 0.3) is 0 Å². The Hall–Kier alpha value is -4.01. The third-order valence-electron chi connectivity index (χ3n) is 5.34. The first-order chi connectivity index (χ1) is 17.4. The van der Waals surface area contributed by atoms with Crippen molar-refractivity contribution < 1.29 is 37.0 Å². The van der Waals surface area contributed by atoms with Gasteiger partial charge in [-0.1, -0.05) is 12.1 Å². The molecule has 0 aromatic heterocycles. The van der Waals surface area contributed by atoms with Gasteiger partial charge in [-0.25, -0.2) is 4.79 Å². The van der Waals surface area contributed by atoms with Gasteiger partial charge in [0.1, 0.15) is 17.2 Å². The first-order valence-corrected chi connectivity index (χ1v) is 11.6. The van der Waals surface area contributed by atoms with E-state index < -0.39 is 29.2 Å². The van der Waals surface area contributed by atoms with Crippen molar-refractivity contribution >= 4 is 11.9 Å². The molecule has 0 radical (unpaired) electrons. The molecule has 0 unspecified atom stereocenters. The predicted octanol–water partition coefficient (Wildman–Crippen LogP) is 6.46. The van der Waals surface area contributed by atoms with E-state index in [0.29, 0.717) is 17.2 Å². The van der Waals surface area contributed by atoms with E-state index in [9.17, 15) is 22.8 Å². The number of hydrogen-bond donors (Lipinski definition) is 1. The second-order valence-corrected chi connectivity index (χ2v) is 8.77. The normalized spacial score (nSPS) is 11.5. The first kappa shape index (κ1) is 27.6. The fourth-order valence-electron chi connectivity index (χ4n) is 3.37. The third kappa shape index (κ3) is 7.49. The molecule has 0 fully saturated rings. The van der Waals surface area contributed by atoms with Gasteiger partial charge in [-0.05, 0) is 93.4 Å². The summed E-state index contributed by atoms with van der Waals surface area (Å²) in [5.41, 5.74) is -0.335. The molecular weight excluding hydrogens is 487 g/mol. The zero-order valence-corrected chi connectivity index (χ0v) is 20.9. The summed E-state index contributed by atoms with van der Waals surface area (Å²) in [6, 6.07) is 16.3. The van der Waals surface area contributed by atoms with Gasteiger partial charge in [0.05, 0.1) is 12.2 Å². The molecule has 0 atom stereocenters. The number of benzene rings is 3. The van der Waals surface area contributed by atoms with Crippen LogP contribution in [0.4, 0.5) is 13.2 Å². The van der Waals surface area contributed by atoms with Gasteiger partial charge in [-0.15, -0.1) is 0 Å². The van der Waals surface area contributed by atoms with Gasteiger partial charge >= 0.3 is 12.1 Å². The van der Waals surface area contributed by atoms with Crippen molar-refractivity contribution in [2.24, 2.45) is 0 Å². The Kier molecular flexibility index (Phi) is 8.47. The van der Waals surface area contributed by atoms with E-state index in [1.165, 1.54) is 0 Å². The molecular formula is C28H28F3NO5. The lowest BCUT2D eigenvalue weighted by atomic mass is 10.1. The van der Waals surface area contributed by atoms with Crippen LogP contribution in [0.1, 0.15) is 47.8 Å². The van der Waals surface area contributed by atoms with Crippen molar-refractivity contribution in [3.8, 4) is 17.2 Å². The smallest absolute Gasteiger partial charge is 0.416 e. The summed E-state index contributed by atoms with van der Waals surface area (Å²) in [6.07, 6.45) is -4.46. The summed E-state index contributed by atoms with van der Waals surface area (Å²) < 4.78 is 55.0. The van der Waals surface area contributed by atoms with Crippen molar-refractivity contribution in [3.63, 3.8) is 0 Å². The molecule has 0 saturated carbocycles. The standard InChI is InChI=1S/C28H28F3NO5/c1-5-35-26(34)27(3,4)37-24-14-13-23(15-18(24)2)36-22-8-6-7-19(16-22)17-32-25(33)20-9-11-21(12-10-20)28(29,30)31/h6-16H,5,17H2,1-4H3,(H,32,33). The van der Waals surface area contributed by atoms with Gasteiger partial charge in [0.2, 0.25) is 0 Å². The Bertz CT molecular complexity index is 1250. The molecule has 0 saturated heterocycles. The Morgan fingerprint density at radius 1 is 0.919 bits per heavy atom. The first-order valence-electron chi connectivity index (χ1n) is 11.6. The number of carbonyl (C=O) groups excluding carboxylic acids is 2. The Labute approximate surface area is 213 Å². The highest BCUT2D eigenvalue weighted by Gasteiger charge is 2.32. The summed E-state index contributed by atoms with van der Waals surface area (Å²) in [6.45, 7) is 7.25. The van der Waals surface area contributed by atoms with E-state index >= 15 is 0 Å². The second kappa shape index (κ2) is 11.4. The second-order valence-electron chi connectivity index (χ2n) is 8.77. The predicted molar refractivity (Wildman–Crippen MR) is 132 cm³/mol. The molecule has 9 heteroatoms. The van der Waals surface area contributed by atoms with Crippen molar-refractivity contribution in [2.75, 3.05) is 6.61 Å². The van der Waals surface area contributed by atoms with Crippen molar-refractivity contribution in [2.45, 2.75) is 46.0 Å². The van der Waals surface area contributed by atoms with Crippen molar-refractivity contribution in [1.82, 2.24) is 5.32 Å². The molecule has 0 bridgehead atoms. The van der Waals surface area contributed by atoms with E-state index in [4.69, 9.17) is 14.2 Å². The number of halogens is 3. The van der Waals surface area contributed by atoms with Gasteiger partial charge in [-0.3, -0.25) is 4.79 Å². The number of amides is 1. The lowest BCUT2D eigenvalue weighted by Crippen LogP contribution is -2.39. The van der Waals surface area contributed by atoms with Gasteiger partial charge in [0, 0.05) is 12.1 Å². The van der Waals surface area contributed by atoms with E-state index in [2.05, 4.69) is 5.32 Å². The minimum absolute atomic E-state index is 0.129. The van der Waals surface area contributed by atoms with Gasteiger partial charge in [0.25, 0.3) is 5.91 Å². The fraction of sp³-hybridized carbons (Fsp3) is 0.286. The third-order valence-corrected chi connectivity index (χ3v) is 5.34. The maximum absolute atomic E-state index is 12.7. The largest absolute Gasteiger partial charge is 0.476 e. The van der Waals surface area contributed by atoms with Crippen LogP contribution in [-0.2, 0) is 22.3 Å². The van der Waals surface area contributed by atoms with Crippen LogP contribution < -0.4 is 14.8 Å².